The first-order valence-corrected chi connectivity index (χ1v) is 9.56. The van der Waals surface area contributed by atoms with Crippen LogP contribution in [0.15, 0.2) is 41.7 Å². The van der Waals surface area contributed by atoms with Gasteiger partial charge in [-0.1, -0.05) is 18.9 Å². The lowest BCUT2D eigenvalue weighted by Crippen LogP contribution is -2.29. The predicted molar refractivity (Wildman–Crippen MR) is 106 cm³/mol. The molecule has 2 aliphatic rings. The molecule has 1 saturated carbocycles. The fourth-order valence-electron chi connectivity index (χ4n) is 4.58. The number of hydrogen-bond acceptors (Lipinski definition) is 4. The van der Waals surface area contributed by atoms with Gasteiger partial charge in [-0.3, -0.25) is 4.99 Å². The molecule has 0 radical (unpaired) electrons. The highest BCUT2D eigenvalue weighted by molar-refractivity contribution is 6.16. The summed E-state index contributed by atoms with van der Waals surface area (Å²) in [6.07, 6.45) is 6.58. The largest absolute Gasteiger partial charge is 0.493 e. The van der Waals surface area contributed by atoms with Crippen LogP contribution in [0.5, 0.6) is 11.5 Å². The molecule has 1 N–H and O–H groups in total. The van der Waals surface area contributed by atoms with E-state index in [0.717, 1.165) is 45.8 Å². The van der Waals surface area contributed by atoms with E-state index >= 15 is 0 Å². The molecule has 1 fully saturated rings. The van der Waals surface area contributed by atoms with E-state index in [1.165, 1.54) is 24.8 Å². The van der Waals surface area contributed by atoms with E-state index in [4.69, 9.17) is 14.5 Å². The maximum absolute atomic E-state index is 5.59. The first kappa shape index (κ1) is 16.4. The van der Waals surface area contributed by atoms with E-state index in [-0.39, 0.29) is 0 Å². The second-order valence-corrected chi connectivity index (χ2v) is 7.36. The third-order valence-corrected chi connectivity index (χ3v) is 5.93. The quantitative estimate of drug-likeness (QED) is 0.749. The molecule has 2 heterocycles. The summed E-state index contributed by atoms with van der Waals surface area (Å²) >= 11 is 0. The molecular formula is C22H23N3O2. The van der Waals surface area contributed by atoms with Crippen LogP contribution in [0.25, 0.3) is 11.0 Å². The summed E-state index contributed by atoms with van der Waals surface area (Å²) in [4.78, 5) is 12.8. The molecule has 27 heavy (non-hydrogen) atoms. The van der Waals surface area contributed by atoms with E-state index in [9.17, 15) is 0 Å². The molecule has 0 spiro atoms. The average Bonchev–Trinajstić information content (AvgIpc) is 3.20. The van der Waals surface area contributed by atoms with Crippen molar-refractivity contribution in [3.05, 3.63) is 53.3 Å². The molecule has 2 aromatic carbocycles. The van der Waals surface area contributed by atoms with Gasteiger partial charge in [0, 0.05) is 17.0 Å². The number of rotatable bonds is 3. The van der Waals surface area contributed by atoms with Gasteiger partial charge in [-0.25, -0.2) is 4.98 Å². The summed E-state index contributed by atoms with van der Waals surface area (Å²) in [5.74, 6) is 2.01. The zero-order chi connectivity index (χ0) is 18.4. The Labute approximate surface area is 158 Å². The van der Waals surface area contributed by atoms with Gasteiger partial charge in [0.25, 0.3) is 0 Å². The number of nitrogens with zero attached hydrogens (tertiary/aromatic N) is 2. The van der Waals surface area contributed by atoms with Gasteiger partial charge in [-0.2, -0.15) is 0 Å². The zero-order valence-electron chi connectivity index (χ0n) is 15.7. The van der Waals surface area contributed by atoms with Gasteiger partial charge in [0.05, 0.1) is 43.3 Å². The lowest BCUT2D eigenvalue weighted by molar-refractivity contribution is 0.349. The third-order valence-electron chi connectivity index (χ3n) is 5.93. The van der Waals surface area contributed by atoms with Crippen molar-refractivity contribution in [3.63, 3.8) is 0 Å². The van der Waals surface area contributed by atoms with E-state index < -0.39 is 0 Å². The monoisotopic (exact) mass is 361 g/mol. The summed E-state index contributed by atoms with van der Waals surface area (Å²) in [6, 6.07) is 10.9. The van der Waals surface area contributed by atoms with Crippen molar-refractivity contribution in [2.75, 3.05) is 14.2 Å². The number of imidazole rings is 1. The molecule has 0 amide bonds. The number of methoxy groups -OCH3 is 2. The lowest BCUT2D eigenvalue weighted by Gasteiger charge is -2.35. The molecule has 1 aliphatic carbocycles. The molecule has 5 nitrogen and oxygen atoms in total. The Bertz CT molecular complexity index is 1040. The zero-order valence-corrected chi connectivity index (χ0v) is 15.7. The standard InChI is InChI=1S/C22H23N3O2/c1-26-20-10-15-14-5-3-4-6-17(14)25-22(16(15)11-21(20)27-2)13-7-8-18-19(9-13)24-12-23-18/h7-12,14,17H,3-6H2,1-2H3,(H,23,24)/t14-,17-/m1/s1. The number of aliphatic imine (C=N–C) groups is 1. The molecule has 0 unspecified atom stereocenters. The van der Waals surface area contributed by atoms with Crippen LogP contribution in [0.2, 0.25) is 0 Å². The SMILES string of the molecule is COc1cc2c(cc1OC)[C@H]1CCCC[C@H]1N=C2c1ccc2nc[nH]c2c1. The number of aromatic nitrogens is 2. The van der Waals surface area contributed by atoms with Crippen LogP contribution in [0, 0.1) is 0 Å². The van der Waals surface area contributed by atoms with Crippen LogP contribution in [0.3, 0.4) is 0 Å². The molecule has 1 aliphatic heterocycles. The number of ether oxygens (including phenoxy) is 2. The lowest BCUT2D eigenvalue weighted by atomic mass is 9.75. The van der Waals surface area contributed by atoms with Gasteiger partial charge in [-0.05, 0) is 42.7 Å². The molecule has 0 bridgehead atoms. The van der Waals surface area contributed by atoms with Crippen LogP contribution in [-0.4, -0.2) is 35.9 Å². The second kappa shape index (κ2) is 6.41. The molecule has 138 valence electrons. The van der Waals surface area contributed by atoms with Gasteiger partial charge in [0.2, 0.25) is 0 Å². The van der Waals surface area contributed by atoms with Crippen LogP contribution in [-0.2, 0) is 0 Å². The number of fused-ring (bicyclic) bond motifs is 4. The fourth-order valence-corrected chi connectivity index (χ4v) is 4.58. The molecule has 5 heteroatoms. The summed E-state index contributed by atoms with van der Waals surface area (Å²) in [5, 5.41) is 0. The van der Waals surface area contributed by atoms with E-state index in [2.05, 4.69) is 40.3 Å². The Balaban J connectivity index is 1.72. The van der Waals surface area contributed by atoms with Crippen LogP contribution in [0.1, 0.15) is 48.3 Å². The highest BCUT2D eigenvalue weighted by Gasteiger charge is 2.34. The maximum atomic E-state index is 5.59. The van der Waals surface area contributed by atoms with Crippen LogP contribution in [0.4, 0.5) is 0 Å². The van der Waals surface area contributed by atoms with Gasteiger partial charge in [0.15, 0.2) is 11.5 Å². The maximum Gasteiger partial charge on any atom is 0.161 e. The first-order valence-electron chi connectivity index (χ1n) is 9.56. The van der Waals surface area contributed by atoms with Gasteiger partial charge in [-0.15, -0.1) is 0 Å². The Morgan fingerprint density at radius 1 is 1.00 bits per heavy atom. The van der Waals surface area contributed by atoms with Crippen molar-refractivity contribution in [3.8, 4) is 11.5 Å². The summed E-state index contributed by atoms with van der Waals surface area (Å²) in [5.41, 5.74) is 6.66. The highest BCUT2D eigenvalue weighted by Crippen LogP contribution is 2.44. The molecule has 1 aromatic heterocycles. The molecule has 0 saturated heterocycles. The molecule has 5 rings (SSSR count). The normalized spacial score (nSPS) is 21.3. The number of H-pyrrole nitrogens is 1. The van der Waals surface area contributed by atoms with E-state index in [1.54, 1.807) is 20.5 Å². The number of nitrogens with one attached hydrogen (secondary N) is 1. The van der Waals surface area contributed by atoms with Gasteiger partial charge >= 0.3 is 0 Å². The fraction of sp³-hybridized carbons (Fsp3) is 0.364. The molecule has 2 atom stereocenters. The average molecular weight is 361 g/mol. The summed E-state index contributed by atoms with van der Waals surface area (Å²) in [6.45, 7) is 0. The minimum absolute atomic E-state index is 0.344. The van der Waals surface area contributed by atoms with Crippen molar-refractivity contribution in [2.45, 2.75) is 37.6 Å². The molecule has 3 aromatic rings. The minimum atomic E-state index is 0.344. The number of aromatic amines is 1. The van der Waals surface area contributed by atoms with Crippen molar-refractivity contribution in [1.82, 2.24) is 9.97 Å². The van der Waals surface area contributed by atoms with E-state index in [0.29, 0.717) is 12.0 Å². The minimum Gasteiger partial charge on any atom is -0.493 e. The van der Waals surface area contributed by atoms with Crippen molar-refractivity contribution in [2.24, 2.45) is 4.99 Å². The van der Waals surface area contributed by atoms with Crippen molar-refractivity contribution in [1.29, 1.82) is 0 Å². The smallest absolute Gasteiger partial charge is 0.161 e. The second-order valence-electron chi connectivity index (χ2n) is 7.36. The Kier molecular flexibility index (Phi) is 3.88. The summed E-state index contributed by atoms with van der Waals surface area (Å²) in [7, 11) is 3.39. The topological polar surface area (TPSA) is 59.5 Å². The van der Waals surface area contributed by atoms with Crippen molar-refractivity contribution < 1.29 is 9.47 Å². The first-order chi connectivity index (χ1) is 13.3. The van der Waals surface area contributed by atoms with Gasteiger partial charge < -0.3 is 14.5 Å². The Hall–Kier alpha value is -2.82. The summed E-state index contributed by atoms with van der Waals surface area (Å²) < 4.78 is 11.2. The highest BCUT2D eigenvalue weighted by atomic mass is 16.5. The number of benzene rings is 2. The predicted octanol–water partition coefficient (Wildman–Crippen LogP) is 4.46. The van der Waals surface area contributed by atoms with Crippen LogP contribution >= 0.6 is 0 Å². The van der Waals surface area contributed by atoms with E-state index in [1.807, 2.05) is 0 Å². The Morgan fingerprint density at radius 3 is 2.67 bits per heavy atom. The Morgan fingerprint density at radius 2 is 1.81 bits per heavy atom. The van der Waals surface area contributed by atoms with Crippen molar-refractivity contribution >= 4 is 16.7 Å². The third kappa shape index (κ3) is 2.60. The van der Waals surface area contributed by atoms with Gasteiger partial charge in [0.1, 0.15) is 0 Å². The van der Waals surface area contributed by atoms with Crippen LogP contribution < -0.4 is 9.47 Å². The molecular weight excluding hydrogens is 338 g/mol. The number of hydrogen-bond donors (Lipinski definition) is 1.